The molecule has 2 rings (SSSR count). The summed E-state index contributed by atoms with van der Waals surface area (Å²) in [5.74, 6) is -0.139. The third-order valence-corrected chi connectivity index (χ3v) is 5.86. The van der Waals surface area contributed by atoms with E-state index in [-0.39, 0.29) is 35.5 Å². The van der Waals surface area contributed by atoms with Gasteiger partial charge in [-0.15, -0.1) is 0 Å². The largest absolute Gasteiger partial charge is 0.506 e. The number of hydrogen-bond donors (Lipinski definition) is 3. The van der Waals surface area contributed by atoms with Crippen molar-refractivity contribution in [2.24, 2.45) is 0 Å². The first-order chi connectivity index (χ1) is 9.96. The highest BCUT2D eigenvalue weighted by atomic mass is 32.2. The predicted octanol–water partition coefficient (Wildman–Crippen LogP) is 1.29. The number of nitrogens with two attached hydrogens (primary N) is 1. The Hall–Kier alpha value is -1.31. The van der Waals surface area contributed by atoms with E-state index >= 15 is 0 Å². The number of aliphatic hydroxyl groups excluding tert-OH is 1. The summed E-state index contributed by atoms with van der Waals surface area (Å²) >= 11 is 0. The molecule has 1 fully saturated rings. The first-order valence-electron chi connectivity index (χ1n) is 7.18. The number of benzene rings is 1. The van der Waals surface area contributed by atoms with Crippen molar-refractivity contribution in [3.63, 3.8) is 0 Å². The van der Waals surface area contributed by atoms with E-state index in [1.165, 1.54) is 22.5 Å². The van der Waals surface area contributed by atoms with Gasteiger partial charge in [0.05, 0.1) is 17.2 Å². The minimum absolute atomic E-state index is 0.0312. The molecule has 0 heterocycles. The number of phenolic OH excluding ortho intramolecular Hbond substituents is 1. The fourth-order valence-corrected chi connectivity index (χ4v) is 4.51. The molecule has 0 atom stereocenters. The van der Waals surface area contributed by atoms with Crippen LogP contribution in [0.1, 0.15) is 32.1 Å². The van der Waals surface area contributed by atoms with Gasteiger partial charge in [-0.3, -0.25) is 0 Å². The number of phenols is 1. The summed E-state index contributed by atoms with van der Waals surface area (Å²) in [6.07, 6.45) is 4.74. The van der Waals surface area contributed by atoms with Crippen LogP contribution >= 0.6 is 0 Å². The highest BCUT2D eigenvalue weighted by Crippen LogP contribution is 2.30. The summed E-state index contributed by atoms with van der Waals surface area (Å²) < 4.78 is 26.9. The molecule has 1 aromatic rings. The molecule has 6 nitrogen and oxygen atoms in total. The lowest BCUT2D eigenvalue weighted by Crippen LogP contribution is -2.43. The highest BCUT2D eigenvalue weighted by molar-refractivity contribution is 7.89. The molecule has 4 N–H and O–H groups in total. The van der Waals surface area contributed by atoms with Crippen molar-refractivity contribution in [1.82, 2.24) is 4.31 Å². The SMILES string of the molecule is Nc1cc(S(=O)(=O)N(CCO)C2CCCCC2)ccc1O. The fraction of sp³-hybridized carbons (Fsp3) is 0.571. The standard InChI is InChI=1S/C14H22N2O4S/c15-13-10-12(6-7-14(13)18)21(19,20)16(8-9-17)11-4-2-1-3-5-11/h6-7,10-11,17-18H,1-5,8-9,15H2. The lowest BCUT2D eigenvalue weighted by Gasteiger charge is -2.33. The molecule has 1 aliphatic rings. The number of nitrogen functional groups attached to an aromatic ring is 1. The van der Waals surface area contributed by atoms with E-state index < -0.39 is 10.0 Å². The van der Waals surface area contributed by atoms with Gasteiger partial charge in [-0.2, -0.15) is 4.31 Å². The van der Waals surface area contributed by atoms with Crippen molar-refractivity contribution in [2.75, 3.05) is 18.9 Å². The summed E-state index contributed by atoms with van der Waals surface area (Å²) in [7, 11) is -3.72. The van der Waals surface area contributed by atoms with Crippen LogP contribution in [0.3, 0.4) is 0 Å². The molecular weight excluding hydrogens is 292 g/mol. The summed E-state index contributed by atoms with van der Waals surface area (Å²) in [4.78, 5) is 0.0526. The topological polar surface area (TPSA) is 104 Å². The molecule has 0 spiro atoms. The van der Waals surface area contributed by atoms with Crippen molar-refractivity contribution in [1.29, 1.82) is 0 Å². The van der Waals surface area contributed by atoms with Gasteiger partial charge in [0.25, 0.3) is 0 Å². The summed E-state index contributed by atoms with van der Waals surface area (Å²) in [6, 6.07) is 3.80. The van der Waals surface area contributed by atoms with Gasteiger partial charge in [0.15, 0.2) is 0 Å². The van der Waals surface area contributed by atoms with Crippen LogP contribution in [0.5, 0.6) is 5.75 Å². The van der Waals surface area contributed by atoms with Gasteiger partial charge in [-0.1, -0.05) is 19.3 Å². The number of hydrogen-bond acceptors (Lipinski definition) is 5. The maximum Gasteiger partial charge on any atom is 0.243 e. The van der Waals surface area contributed by atoms with Crippen molar-refractivity contribution < 1.29 is 18.6 Å². The zero-order chi connectivity index (χ0) is 15.5. The first-order valence-corrected chi connectivity index (χ1v) is 8.62. The van der Waals surface area contributed by atoms with Crippen LogP contribution in [0.2, 0.25) is 0 Å². The molecular formula is C14H22N2O4S. The van der Waals surface area contributed by atoms with Crippen molar-refractivity contribution in [2.45, 2.75) is 43.0 Å². The van der Waals surface area contributed by atoms with Gasteiger partial charge in [0, 0.05) is 12.6 Å². The van der Waals surface area contributed by atoms with Crippen LogP contribution in [0.25, 0.3) is 0 Å². The number of anilines is 1. The summed E-state index contributed by atoms with van der Waals surface area (Å²) in [6.45, 7) is -0.142. The minimum Gasteiger partial charge on any atom is -0.506 e. The lowest BCUT2D eigenvalue weighted by atomic mass is 9.95. The van der Waals surface area contributed by atoms with E-state index in [9.17, 15) is 18.6 Å². The molecule has 1 aromatic carbocycles. The average molecular weight is 314 g/mol. The minimum atomic E-state index is -3.72. The Morgan fingerprint density at radius 2 is 1.90 bits per heavy atom. The van der Waals surface area contributed by atoms with Gasteiger partial charge in [0.2, 0.25) is 10.0 Å². The zero-order valence-corrected chi connectivity index (χ0v) is 12.7. The Kier molecular flexibility index (Phi) is 5.08. The Balaban J connectivity index is 2.34. The van der Waals surface area contributed by atoms with Crippen molar-refractivity contribution >= 4 is 15.7 Å². The second kappa shape index (κ2) is 6.64. The van der Waals surface area contributed by atoms with Crippen LogP contribution in [0.4, 0.5) is 5.69 Å². The molecule has 7 heteroatoms. The molecule has 0 amide bonds. The summed E-state index contributed by atoms with van der Waals surface area (Å²) in [5.41, 5.74) is 5.62. The predicted molar refractivity (Wildman–Crippen MR) is 80.4 cm³/mol. The normalized spacial score (nSPS) is 17.2. The van der Waals surface area contributed by atoms with Gasteiger partial charge >= 0.3 is 0 Å². The number of sulfonamides is 1. The number of aromatic hydroxyl groups is 1. The van der Waals surface area contributed by atoms with E-state index in [0.717, 1.165) is 32.1 Å². The van der Waals surface area contributed by atoms with E-state index in [1.807, 2.05) is 0 Å². The van der Waals surface area contributed by atoms with E-state index in [2.05, 4.69) is 0 Å². The summed E-state index contributed by atoms with van der Waals surface area (Å²) in [5, 5.41) is 18.6. The van der Waals surface area contributed by atoms with E-state index in [0.29, 0.717) is 0 Å². The number of nitrogens with zero attached hydrogens (tertiary/aromatic N) is 1. The monoisotopic (exact) mass is 314 g/mol. The van der Waals surface area contributed by atoms with Crippen molar-refractivity contribution in [3.8, 4) is 5.75 Å². The molecule has 0 aromatic heterocycles. The van der Waals surface area contributed by atoms with Gasteiger partial charge in [0.1, 0.15) is 5.75 Å². The second-order valence-corrected chi connectivity index (χ2v) is 7.24. The average Bonchev–Trinajstić information content (AvgIpc) is 2.48. The van der Waals surface area contributed by atoms with Gasteiger partial charge in [-0.05, 0) is 31.0 Å². The number of rotatable bonds is 5. The van der Waals surface area contributed by atoms with Crippen LogP contribution < -0.4 is 5.73 Å². The van der Waals surface area contributed by atoms with Crippen LogP contribution in [-0.2, 0) is 10.0 Å². The number of aliphatic hydroxyl groups is 1. The molecule has 0 radical (unpaired) electrons. The van der Waals surface area contributed by atoms with E-state index in [1.54, 1.807) is 0 Å². The molecule has 1 saturated carbocycles. The van der Waals surface area contributed by atoms with Gasteiger partial charge in [-0.25, -0.2) is 8.42 Å². The second-order valence-electron chi connectivity index (χ2n) is 5.35. The molecule has 0 bridgehead atoms. The maximum atomic E-state index is 12.8. The Bertz CT molecular complexity index is 583. The Morgan fingerprint density at radius 1 is 1.24 bits per heavy atom. The highest BCUT2D eigenvalue weighted by Gasteiger charge is 2.32. The molecule has 0 unspecified atom stereocenters. The quantitative estimate of drug-likeness (QED) is 0.561. The van der Waals surface area contributed by atoms with Gasteiger partial charge < -0.3 is 15.9 Å². The molecule has 0 aliphatic heterocycles. The molecule has 0 saturated heterocycles. The third-order valence-electron chi connectivity index (χ3n) is 3.91. The van der Waals surface area contributed by atoms with Crippen molar-refractivity contribution in [3.05, 3.63) is 18.2 Å². The first kappa shape index (κ1) is 16.1. The smallest absolute Gasteiger partial charge is 0.243 e. The zero-order valence-electron chi connectivity index (χ0n) is 11.9. The van der Waals surface area contributed by atoms with Crippen LogP contribution in [0, 0.1) is 0 Å². The Labute approximate surface area is 125 Å². The maximum absolute atomic E-state index is 12.8. The molecule has 1 aliphatic carbocycles. The van der Waals surface area contributed by atoms with E-state index in [4.69, 9.17) is 5.73 Å². The molecule has 21 heavy (non-hydrogen) atoms. The lowest BCUT2D eigenvalue weighted by molar-refractivity contribution is 0.199. The van der Waals surface area contributed by atoms with Crippen LogP contribution in [-0.4, -0.2) is 42.1 Å². The fourth-order valence-electron chi connectivity index (χ4n) is 2.80. The molecule has 118 valence electrons. The van der Waals surface area contributed by atoms with Crippen LogP contribution in [0.15, 0.2) is 23.1 Å². The third kappa shape index (κ3) is 3.48. The Morgan fingerprint density at radius 3 is 2.48 bits per heavy atom.